The third kappa shape index (κ3) is 3.45. The second-order valence-electron chi connectivity index (χ2n) is 4.08. The van der Waals surface area contributed by atoms with Crippen LogP contribution in [0.4, 0.5) is 0 Å². The Morgan fingerprint density at radius 2 is 1.72 bits per heavy atom. The van der Waals surface area contributed by atoms with Gasteiger partial charge in [-0.15, -0.1) is 0 Å². The van der Waals surface area contributed by atoms with Crippen LogP contribution < -0.4 is 0 Å². The Morgan fingerprint density at radius 1 is 1.06 bits per heavy atom. The third-order valence-corrected chi connectivity index (χ3v) is 2.93. The van der Waals surface area contributed by atoms with Gasteiger partial charge in [0.25, 0.3) is 0 Å². The van der Waals surface area contributed by atoms with E-state index in [1.165, 1.54) is 0 Å². The molecule has 6 heteroatoms. The van der Waals surface area contributed by atoms with Gasteiger partial charge in [0.2, 0.25) is 5.60 Å². The van der Waals surface area contributed by atoms with E-state index in [0.29, 0.717) is 25.9 Å². The van der Waals surface area contributed by atoms with Crippen LogP contribution in [0.15, 0.2) is 0 Å². The fourth-order valence-corrected chi connectivity index (χ4v) is 1.70. The number of hydrogen-bond donors (Lipinski definition) is 0. The number of cyclic esters (lactones) is 3. The first kappa shape index (κ1) is 14.5. The minimum absolute atomic E-state index is 0.0463. The quantitative estimate of drug-likeness (QED) is 0.542. The molecule has 2 fully saturated rings. The van der Waals surface area contributed by atoms with E-state index in [0.717, 1.165) is 6.42 Å². The lowest BCUT2D eigenvalue weighted by atomic mass is 9.97. The maximum absolute atomic E-state index is 11.2. The molecule has 18 heavy (non-hydrogen) atoms. The molecule has 0 spiro atoms. The van der Waals surface area contributed by atoms with Crippen LogP contribution in [0.5, 0.6) is 0 Å². The van der Waals surface area contributed by atoms with Crippen molar-refractivity contribution in [3.63, 3.8) is 0 Å². The zero-order valence-electron chi connectivity index (χ0n) is 10.7. The van der Waals surface area contributed by atoms with Crippen LogP contribution in [0.2, 0.25) is 0 Å². The predicted molar refractivity (Wildman–Crippen MR) is 60.6 cm³/mol. The Labute approximate surface area is 106 Å². The summed E-state index contributed by atoms with van der Waals surface area (Å²) in [5, 5.41) is 0. The smallest absolute Gasteiger partial charge is 0.351 e. The molecule has 2 heterocycles. The van der Waals surface area contributed by atoms with Gasteiger partial charge in [-0.25, -0.2) is 9.59 Å². The molecule has 0 N–H and O–H groups in total. The Bertz CT molecular complexity index is 323. The summed E-state index contributed by atoms with van der Waals surface area (Å²) in [6, 6.07) is 0. The second kappa shape index (κ2) is 6.37. The van der Waals surface area contributed by atoms with Gasteiger partial charge in [-0.2, -0.15) is 0 Å². The molecule has 0 saturated carbocycles. The first-order valence-electron chi connectivity index (χ1n) is 6.08. The summed E-state index contributed by atoms with van der Waals surface area (Å²) in [5.74, 6) is -0.930. The summed E-state index contributed by atoms with van der Waals surface area (Å²) < 4.78 is 14.2. The van der Waals surface area contributed by atoms with Crippen molar-refractivity contribution in [3.8, 4) is 0 Å². The van der Waals surface area contributed by atoms with Gasteiger partial charge in [0.1, 0.15) is 0 Å². The zero-order chi connectivity index (χ0) is 13.6. The molecule has 0 aromatic carbocycles. The van der Waals surface area contributed by atoms with Crippen LogP contribution in [0, 0.1) is 0 Å². The highest BCUT2D eigenvalue weighted by Crippen LogP contribution is 2.25. The summed E-state index contributed by atoms with van der Waals surface area (Å²) in [5.41, 5.74) is -1.02. The van der Waals surface area contributed by atoms with E-state index in [4.69, 9.17) is 4.74 Å². The monoisotopic (exact) mass is 258 g/mol. The van der Waals surface area contributed by atoms with Gasteiger partial charge in [-0.05, 0) is 19.3 Å². The van der Waals surface area contributed by atoms with E-state index in [1.807, 2.05) is 0 Å². The average molecular weight is 258 g/mol. The summed E-state index contributed by atoms with van der Waals surface area (Å²) in [6.07, 6.45) is 2.47. The first-order valence-corrected chi connectivity index (χ1v) is 6.08. The van der Waals surface area contributed by atoms with Crippen molar-refractivity contribution in [2.75, 3.05) is 13.2 Å². The molecule has 0 radical (unpaired) electrons. The van der Waals surface area contributed by atoms with Crippen LogP contribution >= 0.6 is 0 Å². The lowest BCUT2D eigenvalue weighted by molar-refractivity contribution is -0.201. The normalized spacial score (nSPS) is 21.3. The Hall–Kier alpha value is -1.59. The van der Waals surface area contributed by atoms with Crippen molar-refractivity contribution in [1.82, 2.24) is 0 Å². The summed E-state index contributed by atoms with van der Waals surface area (Å²) in [4.78, 5) is 32.1. The Balaban J connectivity index is 0.000000225. The van der Waals surface area contributed by atoms with E-state index >= 15 is 0 Å². The van der Waals surface area contributed by atoms with E-state index in [2.05, 4.69) is 9.47 Å². The lowest BCUT2D eigenvalue weighted by Crippen LogP contribution is -2.49. The molecule has 0 bridgehead atoms. The Kier molecular flexibility index (Phi) is 5.12. The van der Waals surface area contributed by atoms with Crippen LogP contribution in [0.25, 0.3) is 0 Å². The molecular weight excluding hydrogens is 240 g/mol. The fraction of sp³-hybridized carbons (Fsp3) is 0.750. The molecular formula is C12H18O6. The van der Waals surface area contributed by atoms with Crippen LogP contribution in [0.3, 0.4) is 0 Å². The minimum Gasteiger partial charge on any atom is -0.466 e. The zero-order valence-corrected chi connectivity index (χ0v) is 10.7. The lowest BCUT2D eigenvalue weighted by Gasteiger charge is -2.32. The predicted octanol–water partition coefficient (Wildman–Crippen LogP) is 0.969. The van der Waals surface area contributed by atoms with E-state index in [-0.39, 0.29) is 12.6 Å². The molecule has 2 aliphatic heterocycles. The molecule has 6 nitrogen and oxygen atoms in total. The molecule has 0 amide bonds. The molecule has 0 unspecified atom stereocenters. The fourth-order valence-electron chi connectivity index (χ4n) is 1.70. The number of esters is 3. The van der Waals surface area contributed by atoms with Gasteiger partial charge in [0.15, 0.2) is 6.61 Å². The highest BCUT2D eigenvalue weighted by molar-refractivity contribution is 5.88. The molecule has 102 valence electrons. The van der Waals surface area contributed by atoms with Crippen LogP contribution in [0.1, 0.15) is 39.5 Å². The Morgan fingerprint density at radius 3 is 2.06 bits per heavy atom. The maximum Gasteiger partial charge on any atom is 0.351 e. The molecule has 0 aromatic heterocycles. The maximum atomic E-state index is 11.2. The second-order valence-corrected chi connectivity index (χ2v) is 4.08. The van der Waals surface area contributed by atoms with Crippen molar-refractivity contribution in [2.45, 2.75) is 45.1 Å². The van der Waals surface area contributed by atoms with Gasteiger partial charge in [-0.3, -0.25) is 4.79 Å². The molecule has 0 atom stereocenters. The van der Waals surface area contributed by atoms with Gasteiger partial charge in [0, 0.05) is 6.42 Å². The standard InChI is InChI=1S/C8H12O4.C4H6O2/c1-3-8(4-2)7(10)11-5-6(9)12-8;5-4-2-1-3-6-4/h3-5H2,1-2H3;1-3H2. The number of carbonyl (C=O) groups is 3. The minimum atomic E-state index is -1.02. The van der Waals surface area contributed by atoms with Crippen molar-refractivity contribution in [1.29, 1.82) is 0 Å². The SMILES string of the molecule is CCC1(CC)OC(=O)COC1=O.O=C1CCCO1. The van der Waals surface area contributed by atoms with E-state index < -0.39 is 17.5 Å². The molecule has 0 aliphatic carbocycles. The van der Waals surface area contributed by atoms with Crippen molar-refractivity contribution >= 4 is 17.9 Å². The molecule has 2 saturated heterocycles. The first-order chi connectivity index (χ1) is 8.54. The summed E-state index contributed by atoms with van der Waals surface area (Å²) in [7, 11) is 0. The van der Waals surface area contributed by atoms with Gasteiger partial charge < -0.3 is 14.2 Å². The highest BCUT2D eigenvalue weighted by atomic mass is 16.6. The highest BCUT2D eigenvalue weighted by Gasteiger charge is 2.44. The van der Waals surface area contributed by atoms with Crippen LogP contribution in [-0.2, 0) is 28.6 Å². The van der Waals surface area contributed by atoms with Crippen molar-refractivity contribution in [2.24, 2.45) is 0 Å². The summed E-state index contributed by atoms with van der Waals surface area (Å²) >= 11 is 0. The van der Waals surface area contributed by atoms with Crippen molar-refractivity contribution in [3.05, 3.63) is 0 Å². The largest absolute Gasteiger partial charge is 0.466 e. The topological polar surface area (TPSA) is 78.9 Å². The van der Waals surface area contributed by atoms with E-state index in [9.17, 15) is 14.4 Å². The average Bonchev–Trinajstić information content (AvgIpc) is 2.84. The number of carbonyl (C=O) groups excluding carboxylic acids is 3. The third-order valence-electron chi connectivity index (χ3n) is 2.93. The van der Waals surface area contributed by atoms with Crippen molar-refractivity contribution < 1.29 is 28.6 Å². The van der Waals surface area contributed by atoms with Crippen LogP contribution in [-0.4, -0.2) is 36.7 Å². The number of hydrogen-bond acceptors (Lipinski definition) is 6. The number of ether oxygens (including phenoxy) is 3. The van der Waals surface area contributed by atoms with E-state index in [1.54, 1.807) is 13.8 Å². The molecule has 2 aliphatic rings. The van der Waals surface area contributed by atoms with Gasteiger partial charge >= 0.3 is 17.9 Å². The molecule has 2 rings (SSSR count). The van der Waals surface area contributed by atoms with Gasteiger partial charge in [-0.1, -0.05) is 13.8 Å². The molecule has 0 aromatic rings. The summed E-state index contributed by atoms with van der Waals surface area (Å²) in [6.45, 7) is 3.98. The number of rotatable bonds is 2. The van der Waals surface area contributed by atoms with Gasteiger partial charge in [0.05, 0.1) is 6.61 Å².